The number of hydrogen-bond acceptors (Lipinski definition) is 7. The number of nitrogens with zero attached hydrogens (tertiary/aromatic N) is 3. The highest BCUT2D eigenvalue weighted by Gasteiger charge is 2.13. The largest absolute Gasteiger partial charge is 0.492 e. The van der Waals surface area contributed by atoms with Gasteiger partial charge in [0, 0.05) is 29.5 Å². The summed E-state index contributed by atoms with van der Waals surface area (Å²) in [6.07, 6.45) is 3.32. The predicted molar refractivity (Wildman–Crippen MR) is 137 cm³/mol. The van der Waals surface area contributed by atoms with Crippen molar-refractivity contribution in [2.24, 2.45) is 0 Å². The number of fused-ring (bicyclic) bond motifs is 7. The normalized spacial score (nSPS) is 26.2. The lowest BCUT2D eigenvalue weighted by Crippen LogP contribution is -2.25. The molecule has 35 heavy (non-hydrogen) atoms. The molecular formula is C28H32N4O3. The SMILES string of the molecule is [2H]c1cc2nc(n1)Nc1ccc(OC([2H])([2H])CN3CCCC3)c(c1)C([2H])([2H])OC([2H])([2H])/C=C/C([2H])([2H])OCc1cccc-2c1. The lowest BCUT2D eigenvalue weighted by Gasteiger charge is -2.17. The molecule has 0 spiro atoms. The van der Waals surface area contributed by atoms with Crippen LogP contribution in [0.15, 0.2) is 66.9 Å². The monoisotopic (exact) mass is 481 g/mol. The Morgan fingerprint density at radius 1 is 1.09 bits per heavy atom. The van der Waals surface area contributed by atoms with Crippen molar-refractivity contribution >= 4 is 11.6 Å². The highest BCUT2D eigenvalue weighted by Crippen LogP contribution is 2.26. The van der Waals surface area contributed by atoms with E-state index in [9.17, 15) is 0 Å². The smallest absolute Gasteiger partial charge is 0.227 e. The molecule has 0 radical (unpaired) electrons. The van der Waals surface area contributed by atoms with Gasteiger partial charge in [-0.2, -0.15) is 0 Å². The number of ether oxygens (including phenoxy) is 3. The molecule has 3 aromatic rings. The van der Waals surface area contributed by atoms with E-state index in [1.54, 1.807) is 24.3 Å². The fraction of sp³-hybridized carbons (Fsp3) is 0.357. The summed E-state index contributed by atoms with van der Waals surface area (Å²) >= 11 is 0. The van der Waals surface area contributed by atoms with Crippen molar-refractivity contribution in [2.75, 3.05) is 44.6 Å². The van der Waals surface area contributed by atoms with Crippen LogP contribution in [0, 0.1) is 0 Å². The molecule has 1 aromatic heterocycles. The van der Waals surface area contributed by atoms with Gasteiger partial charge >= 0.3 is 0 Å². The number of aromatic nitrogens is 2. The van der Waals surface area contributed by atoms with Crippen molar-refractivity contribution in [2.45, 2.75) is 26.0 Å². The maximum absolute atomic E-state index is 8.70. The van der Waals surface area contributed by atoms with Crippen molar-refractivity contribution in [3.63, 3.8) is 0 Å². The van der Waals surface area contributed by atoms with Crippen LogP contribution in [0.1, 0.15) is 36.3 Å². The molecule has 1 fully saturated rings. The Kier molecular flexibility index (Phi) is 5.11. The third-order valence-corrected chi connectivity index (χ3v) is 5.49. The molecule has 2 aliphatic heterocycles. The first-order valence-corrected chi connectivity index (χ1v) is 11.4. The lowest BCUT2D eigenvalue weighted by molar-refractivity contribution is 0.138. The van der Waals surface area contributed by atoms with Crippen molar-refractivity contribution < 1.29 is 26.5 Å². The average molecular weight is 482 g/mol. The number of nitrogens with one attached hydrogen (secondary N) is 1. The minimum atomic E-state index is -2.90. The molecule has 3 heterocycles. The van der Waals surface area contributed by atoms with E-state index >= 15 is 0 Å². The van der Waals surface area contributed by atoms with Gasteiger partial charge in [-0.05, 0) is 61.8 Å². The summed E-state index contributed by atoms with van der Waals surface area (Å²) in [5, 5.41) is 2.95. The molecule has 2 aliphatic rings. The summed E-state index contributed by atoms with van der Waals surface area (Å²) < 4.78 is 91.8. The molecule has 2 aromatic carbocycles. The van der Waals surface area contributed by atoms with Crippen LogP contribution in [0.4, 0.5) is 11.6 Å². The molecule has 0 amide bonds. The van der Waals surface area contributed by atoms with Gasteiger partial charge in [-0.1, -0.05) is 30.4 Å². The Morgan fingerprint density at radius 2 is 1.97 bits per heavy atom. The van der Waals surface area contributed by atoms with E-state index in [2.05, 4.69) is 15.3 Å². The molecule has 0 saturated carbocycles. The Morgan fingerprint density at radius 3 is 2.89 bits per heavy atom. The highest BCUT2D eigenvalue weighted by atomic mass is 16.5. The second kappa shape index (κ2) is 11.9. The maximum atomic E-state index is 8.70. The van der Waals surface area contributed by atoms with Crippen LogP contribution in [0.5, 0.6) is 5.75 Å². The zero-order valence-corrected chi connectivity index (χ0v) is 19.1. The van der Waals surface area contributed by atoms with Crippen LogP contribution in [-0.2, 0) is 22.6 Å². The molecule has 1 N–H and O–H groups in total. The van der Waals surface area contributed by atoms with Crippen molar-refractivity contribution in [1.29, 1.82) is 0 Å². The molecule has 182 valence electrons. The Labute approximate surface area is 219 Å². The second-order valence-corrected chi connectivity index (χ2v) is 8.03. The number of hydrogen-bond donors (Lipinski definition) is 1. The van der Waals surface area contributed by atoms with E-state index in [0.29, 0.717) is 29.9 Å². The first kappa shape index (κ1) is 15.0. The molecule has 7 nitrogen and oxygen atoms in total. The summed E-state index contributed by atoms with van der Waals surface area (Å²) in [4.78, 5) is 10.5. The molecule has 6 bridgehead atoms. The third-order valence-electron chi connectivity index (χ3n) is 5.49. The van der Waals surface area contributed by atoms with Gasteiger partial charge in [-0.25, -0.2) is 9.97 Å². The van der Waals surface area contributed by atoms with E-state index in [1.807, 2.05) is 4.90 Å². The quantitative estimate of drug-likeness (QED) is 0.528. The van der Waals surface area contributed by atoms with Crippen molar-refractivity contribution in [3.05, 3.63) is 78.0 Å². The molecule has 0 atom stereocenters. The zero-order valence-electron chi connectivity index (χ0n) is 28.1. The van der Waals surface area contributed by atoms with Crippen LogP contribution >= 0.6 is 0 Å². The third kappa shape index (κ3) is 6.66. The number of anilines is 2. The van der Waals surface area contributed by atoms with Crippen LogP contribution < -0.4 is 10.1 Å². The van der Waals surface area contributed by atoms with Gasteiger partial charge in [-0.3, -0.25) is 4.90 Å². The van der Waals surface area contributed by atoms with Gasteiger partial charge in [0.25, 0.3) is 0 Å². The first-order valence-electron chi connectivity index (χ1n) is 15.9. The summed E-state index contributed by atoms with van der Waals surface area (Å²) in [6.45, 7) is -9.17. The summed E-state index contributed by atoms with van der Waals surface area (Å²) in [7, 11) is 0. The fourth-order valence-electron chi connectivity index (χ4n) is 3.76. The topological polar surface area (TPSA) is 68.7 Å². The molecule has 1 saturated heterocycles. The molecule has 7 heteroatoms. The summed E-state index contributed by atoms with van der Waals surface area (Å²) in [6, 6.07) is 12.5. The average Bonchev–Trinajstić information content (AvgIpc) is 3.43. The number of benzene rings is 2. The van der Waals surface area contributed by atoms with E-state index in [1.165, 1.54) is 24.3 Å². The van der Waals surface area contributed by atoms with Crippen LogP contribution in [-0.4, -0.2) is 54.2 Å². The van der Waals surface area contributed by atoms with Gasteiger partial charge in [0.05, 0.1) is 44.3 Å². The van der Waals surface area contributed by atoms with Gasteiger partial charge in [0.2, 0.25) is 5.95 Å². The van der Waals surface area contributed by atoms with Gasteiger partial charge in [-0.15, -0.1) is 0 Å². The van der Waals surface area contributed by atoms with E-state index in [4.69, 9.17) is 26.5 Å². The summed E-state index contributed by atoms with van der Waals surface area (Å²) in [5.74, 6) is -0.194. The number of rotatable bonds is 4. The van der Waals surface area contributed by atoms with E-state index < -0.39 is 26.2 Å². The Bertz CT molecular complexity index is 1530. The van der Waals surface area contributed by atoms with Crippen molar-refractivity contribution in [3.8, 4) is 17.0 Å². The van der Waals surface area contributed by atoms with Gasteiger partial charge in [0.15, 0.2) is 0 Å². The molecule has 5 rings (SSSR count). The first-order chi connectivity index (χ1) is 20.6. The highest BCUT2D eigenvalue weighted by molar-refractivity contribution is 5.63. The Balaban J connectivity index is 1.58. The predicted octanol–water partition coefficient (Wildman–Crippen LogP) is 4.96. The maximum Gasteiger partial charge on any atom is 0.227 e. The van der Waals surface area contributed by atoms with Crippen molar-refractivity contribution in [1.82, 2.24) is 14.9 Å². The number of likely N-dealkylation sites (tertiary alicyclic amines) is 1. The van der Waals surface area contributed by atoms with E-state index in [-0.39, 0.29) is 42.3 Å². The molecule has 0 unspecified atom stereocenters. The zero-order chi connectivity index (χ0) is 31.8. The second-order valence-electron chi connectivity index (χ2n) is 8.03. The van der Waals surface area contributed by atoms with Crippen LogP contribution in [0.3, 0.4) is 0 Å². The van der Waals surface area contributed by atoms with Crippen LogP contribution in [0.25, 0.3) is 11.3 Å². The minimum Gasteiger partial charge on any atom is -0.492 e. The van der Waals surface area contributed by atoms with Gasteiger partial charge in [0.1, 0.15) is 12.3 Å². The van der Waals surface area contributed by atoms with Crippen LogP contribution in [0.2, 0.25) is 0 Å². The molecule has 0 aliphatic carbocycles. The molecular weight excluding hydrogens is 440 g/mol. The summed E-state index contributed by atoms with van der Waals surface area (Å²) in [5.41, 5.74) is 1.53. The standard InChI is InChI=1S/C28H32N4O3/c1-2-13-32(12-1)14-17-35-27-9-8-25-19-24(27)21-34-16-4-3-15-33-20-22-6-5-7-23(18-22)26-10-11-29-28(30-25)31-26/h3-11,18-19H,1-2,12-17,20-21H2,(H,29,30,31)/b4-3+/i11D,15D2,16D2,17D2,21D2. The van der Waals surface area contributed by atoms with Gasteiger partial charge < -0.3 is 19.5 Å². The fourth-order valence-corrected chi connectivity index (χ4v) is 3.76. The minimum absolute atomic E-state index is 0.0235. The Hall–Kier alpha value is -3.26. The lowest BCUT2D eigenvalue weighted by atomic mass is 10.1. The van der Waals surface area contributed by atoms with E-state index in [0.717, 1.165) is 25.0 Å².